The molecule has 5 rings (SSSR count). The number of para-hydroxylation sites is 1. The van der Waals surface area contributed by atoms with Crippen LogP contribution >= 0.6 is 11.3 Å². The van der Waals surface area contributed by atoms with Crippen molar-refractivity contribution >= 4 is 33.4 Å². The average molecular weight is 396 g/mol. The second-order valence-corrected chi connectivity index (χ2v) is 7.38. The maximum atomic E-state index is 12.8. The summed E-state index contributed by atoms with van der Waals surface area (Å²) in [5, 5.41) is 5.22. The first-order chi connectivity index (χ1) is 14.3. The van der Waals surface area contributed by atoms with Crippen molar-refractivity contribution in [3.05, 3.63) is 89.9 Å². The zero-order valence-electron chi connectivity index (χ0n) is 15.3. The largest absolute Gasteiger partial charge is 0.338 e. The predicted octanol–water partition coefficient (Wildman–Crippen LogP) is 5.61. The third kappa shape index (κ3) is 3.30. The van der Waals surface area contributed by atoms with E-state index in [0.29, 0.717) is 16.2 Å². The number of hydrogen-bond donors (Lipinski definition) is 2. The van der Waals surface area contributed by atoms with Gasteiger partial charge in [0.1, 0.15) is 11.3 Å². The molecule has 0 saturated heterocycles. The number of benzene rings is 3. The van der Waals surface area contributed by atoms with Crippen LogP contribution in [-0.4, -0.2) is 20.9 Å². The van der Waals surface area contributed by atoms with E-state index in [0.717, 1.165) is 28.0 Å². The van der Waals surface area contributed by atoms with Gasteiger partial charge >= 0.3 is 0 Å². The lowest BCUT2D eigenvalue weighted by Crippen LogP contribution is -2.12. The van der Waals surface area contributed by atoms with E-state index in [1.54, 1.807) is 12.3 Å². The highest BCUT2D eigenvalue weighted by atomic mass is 32.1. The third-order valence-electron chi connectivity index (χ3n) is 4.68. The molecule has 5 nitrogen and oxygen atoms in total. The molecule has 0 unspecified atom stereocenters. The molecule has 140 valence electrons. The molecular weight excluding hydrogens is 380 g/mol. The van der Waals surface area contributed by atoms with E-state index in [1.807, 2.05) is 53.9 Å². The van der Waals surface area contributed by atoms with Crippen LogP contribution in [0.5, 0.6) is 0 Å². The molecule has 0 bridgehead atoms. The lowest BCUT2D eigenvalue weighted by Gasteiger charge is -2.07. The number of carbonyl (C=O) groups is 1. The lowest BCUT2D eigenvalue weighted by atomic mass is 9.99. The van der Waals surface area contributed by atoms with Crippen LogP contribution in [-0.2, 0) is 0 Å². The molecule has 0 saturated carbocycles. The summed E-state index contributed by atoms with van der Waals surface area (Å²) in [5.41, 5.74) is 5.15. The van der Waals surface area contributed by atoms with E-state index in [2.05, 4.69) is 33.5 Å². The van der Waals surface area contributed by atoms with Gasteiger partial charge in [0.25, 0.3) is 5.91 Å². The van der Waals surface area contributed by atoms with E-state index in [4.69, 9.17) is 4.98 Å². The first-order valence-corrected chi connectivity index (χ1v) is 10.0. The monoisotopic (exact) mass is 396 g/mol. The van der Waals surface area contributed by atoms with Crippen LogP contribution < -0.4 is 5.32 Å². The van der Waals surface area contributed by atoms with E-state index >= 15 is 0 Å². The number of H-pyrrole nitrogens is 1. The van der Waals surface area contributed by atoms with Crippen LogP contribution in [0, 0.1) is 0 Å². The van der Waals surface area contributed by atoms with Crippen LogP contribution in [0.3, 0.4) is 0 Å². The first kappa shape index (κ1) is 17.3. The Hall–Kier alpha value is -3.77. The SMILES string of the molecule is O=C(Nc1nccs1)c1cccc2[nH]c(-c3ccccc3-c3ccccc3)nc12. The Kier molecular flexibility index (Phi) is 4.38. The van der Waals surface area contributed by atoms with Gasteiger partial charge in [-0.3, -0.25) is 10.1 Å². The molecule has 3 aromatic carbocycles. The minimum absolute atomic E-state index is 0.222. The Morgan fingerprint density at radius 1 is 0.897 bits per heavy atom. The van der Waals surface area contributed by atoms with Crippen LogP contribution in [0.2, 0.25) is 0 Å². The van der Waals surface area contributed by atoms with Crippen molar-refractivity contribution in [2.24, 2.45) is 0 Å². The molecular formula is C23H16N4OS. The maximum absolute atomic E-state index is 12.8. The van der Waals surface area contributed by atoms with Crippen molar-refractivity contribution in [2.45, 2.75) is 0 Å². The van der Waals surface area contributed by atoms with Crippen molar-refractivity contribution in [3.63, 3.8) is 0 Å². The van der Waals surface area contributed by atoms with Gasteiger partial charge in [0.15, 0.2) is 5.13 Å². The fourth-order valence-corrected chi connectivity index (χ4v) is 3.88. The summed E-state index contributed by atoms with van der Waals surface area (Å²) in [6, 6.07) is 23.9. The van der Waals surface area contributed by atoms with Gasteiger partial charge in [-0.1, -0.05) is 60.7 Å². The van der Waals surface area contributed by atoms with Gasteiger partial charge in [-0.15, -0.1) is 11.3 Å². The number of nitrogens with one attached hydrogen (secondary N) is 2. The number of nitrogens with zero attached hydrogens (tertiary/aromatic N) is 2. The first-order valence-electron chi connectivity index (χ1n) is 9.14. The van der Waals surface area contributed by atoms with Crippen molar-refractivity contribution in [1.82, 2.24) is 15.0 Å². The minimum Gasteiger partial charge on any atom is -0.338 e. The number of hydrogen-bond acceptors (Lipinski definition) is 4. The number of anilines is 1. The summed E-state index contributed by atoms with van der Waals surface area (Å²) in [6.45, 7) is 0. The van der Waals surface area contributed by atoms with E-state index in [1.165, 1.54) is 11.3 Å². The van der Waals surface area contributed by atoms with E-state index in [9.17, 15) is 4.79 Å². The number of aromatic nitrogens is 3. The number of fused-ring (bicyclic) bond motifs is 1. The van der Waals surface area contributed by atoms with Gasteiger partial charge in [0, 0.05) is 17.1 Å². The second-order valence-electron chi connectivity index (χ2n) is 6.49. The average Bonchev–Trinajstić information content (AvgIpc) is 3.43. The van der Waals surface area contributed by atoms with E-state index in [-0.39, 0.29) is 5.91 Å². The van der Waals surface area contributed by atoms with Crippen molar-refractivity contribution in [3.8, 4) is 22.5 Å². The fourth-order valence-electron chi connectivity index (χ4n) is 3.35. The summed E-state index contributed by atoms with van der Waals surface area (Å²) in [7, 11) is 0. The quantitative estimate of drug-likeness (QED) is 0.415. The molecule has 2 heterocycles. The zero-order valence-corrected chi connectivity index (χ0v) is 16.1. The zero-order chi connectivity index (χ0) is 19.6. The highest BCUT2D eigenvalue weighted by Crippen LogP contribution is 2.32. The fraction of sp³-hybridized carbons (Fsp3) is 0. The Bertz CT molecular complexity index is 1290. The number of imidazole rings is 1. The van der Waals surface area contributed by atoms with Crippen molar-refractivity contribution in [1.29, 1.82) is 0 Å². The van der Waals surface area contributed by atoms with Gasteiger partial charge in [0.05, 0.1) is 11.1 Å². The Morgan fingerprint density at radius 2 is 1.69 bits per heavy atom. The standard InChI is InChI=1S/C23H16N4OS/c28-22(27-23-24-13-14-29-23)18-11-6-12-19-20(18)26-21(25-19)17-10-5-4-9-16(17)15-7-2-1-3-8-15/h1-14H,(H,25,26)(H,24,27,28). The highest BCUT2D eigenvalue weighted by Gasteiger charge is 2.17. The summed E-state index contributed by atoms with van der Waals surface area (Å²) in [5.74, 6) is 0.508. The summed E-state index contributed by atoms with van der Waals surface area (Å²) in [6.07, 6.45) is 1.66. The van der Waals surface area contributed by atoms with Gasteiger partial charge in [-0.2, -0.15) is 0 Å². The lowest BCUT2D eigenvalue weighted by molar-refractivity contribution is 0.102. The normalized spacial score (nSPS) is 10.9. The molecule has 1 amide bonds. The maximum Gasteiger partial charge on any atom is 0.259 e. The molecule has 0 radical (unpaired) electrons. The van der Waals surface area contributed by atoms with E-state index < -0.39 is 0 Å². The second kappa shape index (κ2) is 7.33. The number of rotatable bonds is 4. The number of thiazole rings is 1. The topological polar surface area (TPSA) is 70.7 Å². The Labute approximate surface area is 171 Å². The summed E-state index contributed by atoms with van der Waals surface area (Å²) in [4.78, 5) is 25.0. The highest BCUT2D eigenvalue weighted by molar-refractivity contribution is 7.13. The van der Waals surface area contributed by atoms with Crippen LogP contribution in [0.1, 0.15) is 10.4 Å². The number of carbonyl (C=O) groups excluding carboxylic acids is 1. The smallest absolute Gasteiger partial charge is 0.259 e. The minimum atomic E-state index is -0.222. The van der Waals surface area contributed by atoms with Crippen LogP contribution in [0.25, 0.3) is 33.5 Å². The molecule has 0 atom stereocenters. The van der Waals surface area contributed by atoms with Gasteiger partial charge in [0.2, 0.25) is 0 Å². The van der Waals surface area contributed by atoms with Gasteiger partial charge in [-0.25, -0.2) is 9.97 Å². The molecule has 0 aliphatic carbocycles. The van der Waals surface area contributed by atoms with Crippen LogP contribution in [0.15, 0.2) is 84.4 Å². The Balaban J connectivity index is 1.59. The van der Waals surface area contributed by atoms with Crippen molar-refractivity contribution < 1.29 is 4.79 Å². The molecule has 0 aliphatic heterocycles. The molecule has 0 aliphatic rings. The molecule has 5 aromatic rings. The summed E-state index contributed by atoms with van der Waals surface area (Å²) < 4.78 is 0. The third-order valence-corrected chi connectivity index (χ3v) is 5.37. The molecule has 29 heavy (non-hydrogen) atoms. The molecule has 0 spiro atoms. The molecule has 2 aromatic heterocycles. The van der Waals surface area contributed by atoms with Crippen molar-refractivity contribution in [2.75, 3.05) is 5.32 Å². The number of aromatic amines is 1. The molecule has 2 N–H and O–H groups in total. The van der Waals surface area contributed by atoms with Gasteiger partial charge < -0.3 is 4.98 Å². The Morgan fingerprint density at radius 3 is 2.48 bits per heavy atom. The number of amides is 1. The molecule has 6 heteroatoms. The van der Waals surface area contributed by atoms with Crippen LogP contribution in [0.4, 0.5) is 5.13 Å². The van der Waals surface area contributed by atoms with Gasteiger partial charge in [-0.05, 0) is 23.3 Å². The summed E-state index contributed by atoms with van der Waals surface area (Å²) >= 11 is 1.38. The predicted molar refractivity (Wildman–Crippen MR) is 117 cm³/mol. The molecule has 0 fully saturated rings.